The zero-order valence-corrected chi connectivity index (χ0v) is 11.9. The minimum absolute atomic E-state index is 0.122. The number of nitrogens with two attached hydrogens (primary N) is 1. The molecule has 1 rings (SSSR count). The van der Waals surface area contributed by atoms with E-state index in [1.807, 2.05) is 25.1 Å². The lowest BCUT2D eigenvalue weighted by atomic mass is 10.1. The second-order valence-electron chi connectivity index (χ2n) is 4.20. The van der Waals surface area contributed by atoms with Gasteiger partial charge in [-0.3, -0.25) is 0 Å². The predicted molar refractivity (Wildman–Crippen MR) is 76.9 cm³/mol. The van der Waals surface area contributed by atoms with Crippen LogP contribution in [0.2, 0.25) is 5.02 Å². The van der Waals surface area contributed by atoms with Gasteiger partial charge in [0, 0.05) is 29.6 Å². The molecule has 0 heterocycles. The molecule has 106 valence electrons. The van der Waals surface area contributed by atoms with E-state index in [1.54, 1.807) is 7.11 Å². The summed E-state index contributed by atoms with van der Waals surface area (Å²) in [5.41, 5.74) is 6.42. The van der Waals surface area contributed by atoms with E-state index < -0.39 is 0 Å². The summed E-state index contributed by atoms with van der Waals surface area (Å²) >= 11 is 6.16. The minimum atomic E-state index is 0.122. The minimum Gasteiger partial charge on any atom is -0.496 e. The summed E-state index contributed by atoms with van der Waals surface area (Å²) in [4.78, 5) is 0. The summed E-state index contributed by atoms with van der Waals surface area (Å²) in [5, 5.41) is 15.6. The van der Waals surface area contributed by atoms with Gasteiger partial charge in [0.1, 0.15) is 11.6 Å². The molecule has 0 aliphatic rings. The molecule has 6 heteroatoms. The van der Waals surface area contributed by atoms with E-state index in [1.165, 1.54) is 0 Å². The monoisotopic (exact) mass is 285 g/mol. The average Bonchev–Trinajstić information content (AvgIpc) is 2.43. The highest BCUT2D eigenvalue weighted by Gasteiger charge is 2.12. The third-order valence-corrected chi connectivity index (χ3v) is 3.29. The molecule has 1 unspecified atom stereocenters. The number of methoxy groups -OCH3 is 1. The van der Waals surface area contributed by atoms with Crippen molar-refractivity contribution in [1.29, 1.82) is 0 Å². The highest BCUT2D eigenvalue weighted by Crippen LogP contribution is 2.26. The first-order chi connectivity index (χ1) is 9.12. The van der Waals surface area contributed by atoms with Crippen LogP contribution in [0.3, 0.4) is 0 Å². The van der Waals surface area contributed by atoms with Crippen LogP contribution < -0.4 is 15.8 Å². The smallest absolute Gasteiger partial charge is 0.140 e. The Kier molecular flexibility index (Phi) is 6.45. The zero-order chi connectivity index (χ0) is 14.3. The fourth-order valence-corrected chi connectivity index (χ4v) is 2.03. The maximum atomic E-state index is 8.58. The molecule has 0 bridgehead atoms. The first-order valence-electron chi connectivity index (χ1n) is 6.13. The van der Waals surface area contributed by atoms with E-state index in [-0.39, 0.29) is 11.9 Å². The number of ether oxygens (including phenoxy) is 1. The molecule has 0 aliphatic heterocycles. The number of hydrogen-bond acceptors (Lipinski definition) is 4. The van der Waals surface area contributed by atoms with E-state index in [0.29, 0.717) is 18.0 Å². The molecule has 0 fully saturated rings. The Morgan fingerprint density at radius 2 is 2.32 bits per heavy atom. The SMILES string of the molecule is CCC(C/C(N)=N/O)NCc1c(Cl)cccc1OC. The number of nitrogens with zero attached hydrogens (tertiary/aromatic N) is 1. The van der Waals surface area contributed by atoms with E-state index in [9.17, 15) is 0 Å². The van der Waals surface area contributed by atoms with Gasteiger partial charge in [0.05, 0.1) is 7.11 Å². The standard InChI is InChI=1S/C13H20ClN3O2/c1-3-9(7-13(15)17-18)16-8-10-11(14)5-4-6-12(10)19-2/h4-6,9,16,18H,3,7-8H2,1-2H3,(H2,15,17). The van der Waals surface area contributed by atoms with Gasteiger partial charge in [-0.1, -0.05) is 29.7 Å². The van der Waals surface area contributed by atoms with Crippen molar-refractivity contribution >= 4 is 17.4 Å². The number of benzene rings is 1. The van der Waals surface area contributed by atoms with Crippen LogP contribution in [0.25, 0.3) is 0 Å². The van der Waals surface area contributed by atoms with E-state index >= 15 is 0 Å². The molecule has 0 aromatic heterocycles. The largest absolute Gasteiger partial charge is 0.496 e. The number of amidine groups is 1. The first kappa shape index (κ1) is 15.6. The molecule has 0 radical (unpaired) electrons. The molecule has 1 aromatic rings. The van der Waals surface area contributed by atoms with Crippen molar-refractivity contribution in [3.8, 4) is 5.75 Å². The van der Waals surface area contributed by atoms with Crippen molar-refractivity contribution in [1.82, 2.24) is 5.32 Å². The van der Waals surface area contributed by atoms with Gasteiger partial charge >= 0.3 is 0 Å². The number of nitrogens with one attached hydrogen (secondary N) is 1. The summed E-state index contributed by atoms with van der Waals surface area (Å²) < 4.78 is 5.28. The molecule has 0 saturated heterocycles. The number of rotatable bonds is 7. The fraction of sp³-hybridized carbons (Fsp3) is 0.462. The Hall–Kier alpha value is -1.46. The normalized spacial score (nSPS) is 13.3. The number of oxime groups is 1. The maximum Gasteiger partial charge on any atom is 0.140 e. The Morgan fingerprint density at radius 3 is 2.89 bits per heavy atom. The Balaban J connectivity index is 2.69. The molecule has 0 aliphatic carbocycles. The Bertz CT molecular complexity index is 438. The third kappa shape index (κ3) is 4.61. The highest BCUT2D eigenvalue weighted by molar-refractivity contribution is 6.31. The maximum absolute atomic E-state index is 8.58. The number of halogens is 1. The molecule has 19 heavy (non-hydrogen) atoms. The van der Waals surface area contributed by atoms with Gasteiger partial charge in [0.25, 0.3) is 0 Å². The van der Waals surface area contributed by atoms with Crippen LogP contribution in [0.5, 0.6) is 5.75 Å². The van der Waals surface area contributed by atoms with E-state index in [2.05, 4.69) is 10.5 Å². The lowest BCUT2D eigenvalue weighted by Gasteiger charge is -2.18. The molecule has 0 saturated carbocycles. The summed E-state index contributed by atoms with van der Waals surface area (Å²) in [6.07, 6.45) is 1.35. The van der Waals surface area contributed by atoms with Gasteiger partial charge in [-0.05, 0) is 18.6 Å². The summed E-state index contributed by atoms with van der Waals surface area (Å²) in [6, 6.07) is 5.66. The molecule has 1 atom stereocenters. The Morgan fingerprint density at radius 1 is 1.58 bits per heavy atom. The summed E-state index contributed by atoms with van der Waals surface area (Å²) in [6.45, 7) is 2.60. The van der Waals surface area contributed by atoms with Crippen molar-refractivity contribution in [2.45, 2.75) is 32.4 Å². The van der Waals surface area contributed by atoms with Crippen LogP contribution in [-0.4, -0.2) is 24.2 Å². The summed E-state index contributed by atoms with van der Waals surface area (Å²) in [5.74, 6) is 0.962. The quantitative estimate of drug-likeness (QED) is 0.311. The van der Waals surface area contributed by atoms with Gasteiger partial charge in [-0.2, -0.15) is 0 Å². The van der Waals surface area contributed by atoms with Gasteiger partial charge in [-0.15, -0.1) is 0 Å². The van der Waals surface area contributed by atoms with Gasteiger partial charge in [0.2, 0.25) is 0 Å². The van der Waals surface area contributed by atoms with Crippen LogP contribution in [0, 0.1) is 0 Å². The molecular weight excluding hydrogens is 266 g/mol. The first-order valence-corrected chi connectivity index (χ1v) is 6.51. The van der Waals surface area contributed by atoms with Gasteiger partial charge in [-0.25, -0.2) is 0 Å². The molecule has 0 spiro atoms. The zero-order valence-electron chi connectivity index (χ0n) is 11.2. The topological polar surface area (TPSA) is 79.9 Å². The van der Waals surface area contributed by atoms with E-state index in [4.69, 9.17) is 27.3 Å². The van der Waals surface area contributed by atoms with Crippen molar-refractivity contribution in [3.05, 3.63) is 28.8 Å². The highest BCUT2D eigenvalue weighted by atomic mass is 35.5. The van der Waals surface area contributed by atoms with E-state index in [0.717, 1.165) is 17.7 Å². The van der Waals surface area contributed by atoms with Crippen molar-refractivity contribution in [2.24, 2.45) is 10.9 Å². The van der Waals surface area contributed by atoms with Crippen LogP contribution in [-0.2, 0) is 6.54 Å². The molecule has 5 nitrogen and oxygen atoms in total. The fourth-order valence-electron chi connectivity index (χ4n) is 1.80. The van der Waals surface area contributed by atoms with Crippen LogP contribution >= 0.6 is 11.6 Å². The van der Waals surface area contributed by atoms with Crippen LogP contribution in [0.4, 0.5) is 0 Å². The van der Waals surface area contributed by atoms with Crippen molar-refractivity contribution in [2.75, 3.05) is 7.11 Å². The van der Waals surface area contributed by atoms with Crippen molar-refractivity contribution in [3.63, 3.8) is 0 Å². The molecule has 4 N–H and O–H groups in total. The average molecular weight is 286 g/mol. The molecular formula is C13H20ClN3O2. The predicted octanol–water partition coefficient (Wildman–Crippen LogP) is 2.35. The molecule has 0 amide bonds. The number of hydrogen-bond donors (Lipinski definition) is 3. The molecule has 1 aromatic carbocycles. The van der Waals surface area contributed by atoms with Gasteiger partial charge in [0.15, 0.2) is 0 Å². The van der Waals surface area contributed by atoms with Crippen LogP contribution in [0.15, 0.2) is 23.4 Å². The Labute approximate surface area is 118 Å². The lowest BCUT2D eigenvalue weighted by molar-refractivity contribution is 0.315. The second-order valence-corrected chi connectivity index (χ2v) is 4.61. The van der Waals surface area contributed by atoms with Crippen molar-refractivity contribution < 1.29 is 9.94 Å². The third-order valence-electron chi connectivity index (χ3n) is 2.94. The van der Waals surface area contributed by atoms with Crippen LogP contribution in [0.1, 0.15) is 25.3 Å². The lowest BCUT2D eigenvalue weighted by Crippen LogP contribution is -2.32. The summed E-state index contributed by atoms with van der Waals surface area (Å²) in [7, 11) is 1.61. The van der Waals surface area contributed by atoms with Gasteiger partial charge < -0.3 is 21.0 Å². The second kappa shape index (κ2) is 7.86.